The van der Waals surface area contributed by atoms with E-state index in [2.05, 4.69) is 27.3 Å². The fourth-order valence-corrected chi connectivity index (χ4v) is 3.14. The molecule has 3 rings (SSSR count). The molecule has 0 fully saturated rings. The number of hydrogen-bond donors (Lipinski definition) is 2. The lowest BCUT2D eigenvalue weighted by Crippen LogP contribution is -2.07. The van der Waals surface area contributed by atoms with Crippen LogP contribution in [0.25, 0.3) is 0 Å². The zero-order chi connectivity index (χ0) is 13.4. The Kier molecular flexibility index (Phi) is 3.19. The van der Waals surface area contributed by atoms with Crippen molar-refractivity contribution in [2.45, 2.75) is 18.9 Å². The third-order valence-electron chi connectivity index (χ3n) is 3.50. The standard InChI is InChI=1S/C15H13BrFNO/c16-12-3-1-2-11-10(12)5-6-14(11)18-9-4-7-15(19)13(17)8-9/h1-4,7-8,14,18-19H,5-6H2. The lowest BCUT2D eigenvalue weighted by atomic mass is 10.1. The molecule has 0 bridgehead atoms. The van der Waals surface area contributed by atoms with Crippen LogP contribution in [0.15, 0.2) is 40.9 Å². The number of benzene rings is 2. The van der Waals surface area contributed by atoms with Gasteiger partial charge in [-0.3, -0.25) is 0 Å². The summed E-state index contributed by atoms with van der Waals surface area (Å²) in [6.45, 7) is 0. The summed E-state index contributed by atoms with van der Waals surface area (Å²) in [5.74, 6) is -0.919. The molecule has 0 heterocycles. The van der Waals surface area contributed by atoms with Crippen LogP contribution in [0, 0.1) is 5.82 Å². The Morgan fingerprint density at radius 2 is 2.11 bits per heavy atom. The van der Waals surface area contributed by atoms with Gasteiger partial charge in [-0.15, -0.1) is 0 Å². The Morgan fingerprint density at radius 3 is 2.89 bits per heavy atom. The van der Waals surface area contributed by atoms with E-state index in [9.17, 15) is 9.50 Å². The summed E-state index contributed by atoms with van der Waals surface area (Å²) in [7, 11) is 0. The van der Waals surface area contributed by atoms with Gasteiger partial charge in [0.25, 0.3) is 0 Å². The molecule has 0 radical (unpaired) electrons. The normalized spacial score (nSPS) is 17.3. The van der Waals surface area contributed by atoms with Gasteiger partial charge >= 0.3 is 0 Å². The first-order valence-electron chi connectivity index (χ1n) is 6.17. The number of hydrogen-bond acceptors (Lipinski definition) is 2. The highest BCUT2D eigenvalue weighted by Gasteiger charge is 2.23. The number of phenolic OH excluding ortho intramolecular Hbond substituents is 1. The Morgan fingerprint density at radius 1 is 1.26 bits per heavy atom. The van der Waals surface area contributed by atoms with Crippen molar-refractivity contribution in [3.8, 4) is 5.75 Å². The maximum Gasteiger partial charge on any atom is 0.166 e. The summed E-state index contributed by atoms with van der Waals surface area (Å²) in [6, 6.07) is 10.7. The number of rotatable bonds is 2. The third kappa shape index (κ3) is 2.32. The lowest BCUT2D eigenvalue weighted by Gasteiger charge is -2.16. The SMILES string of the molecule is Oc1ccc(NC2CCc3c(Br)cccc32)cc1F. The molecule has 2 aromatic rings. The predicted molar refractivity (Wildman–Crippen MR) is 76.9 cm³/mol. The maximum atomic E-state index is 13.3. The number of phenols is 1. The van der Waals surface area contributed by atoms with Crippen molar-refractivity contribution in [3.05, 3.63) is 57.8 Å². The van der Waals surface area contributed by atoms with E-state index in [0.717, 1.165) is 17.3 Å². The average Bonchev–Trinajstić information content (AvgIpc) is 2.79. The molecule has 0 saturated heterocycles. The Bertz CT molecular complexity index is 630. The van der Waals surface area contributed by atoms with Gasteiger partial charge in [0.15, 0.2) is 11.6 Å². The molecule has 0 aliphatic heterocycles. The van der Waals surface area contributed by atoms with Gasteiger partial charge in [0.2, 0.25) is 0 Å². The number of nitrogens with one attached hydrogen (secondary N) is 1. The van der Waals surface area contributed by atoms with Crippen molar-refractivity contribution in [2.75, 3.05) is 5.32 Å². The number of fused-ring (bicyclic) bond motifs is 1. The minimum Gasteiger partial charge on any atom is -0.505 e. The summed E-state index contributed by atoms with van der Waals surface area (Å²) in [5.41, 5.74) is 3.26. The van der Waals surface area contributed by atoms with E-state index in [-0.39, 0.29) is 11.8 Å². The van der Waals surface area contributed by atoms with Gasteiger partial charge in [-0.25, -0.2) is 4.39 Å². The maximum absolute atomic E-state index is 13.3. The molecule has 4 heteroatoms. The molecular formula is C15H13BrFNO. The molecule has 0 aromatic heterocycles. The summed E-state index contributed by atoms with van der Waals surface area (Å²) in [5, 5.41) is 12.5. The van der Waals surface area contributed by atoms with Crippen LogP contribution >= 0.6 is 15.9 Å². The molecule has 0 amide bonds. The molecule has 0 saturated carbocycles. The first-order chi connectivity index (χ1) is 9.15. The van der Waals surface area contributed by atoms with Crippen LogP contribution in [0.4, 0.5) is 10.1 Å². The van der Waals surface area contributed by atoms with Crippen LogP contribution in [0.5, 0.6) is 5.75 Å². The van der Waals surface area contributed by atoms with E-state index < -0.39 is 5.82 Å². The highest BCUT2D eigenvalue weighted by molar-refractivity contribution is 9.10. The smallest absolute Gasteiger partial charge is 0.166 e. The summed E-state index contributed by atoms with van der Waals surface area (Å²) in [6.07, 6.45) is 2.00. The van der Waals surface area contributed by atoms with Gasteiger partial charge in [0, 0.05) is 16.2 Å². The number of aromatic hydroxyl groups is 1. The van der Waals surface area contributed by atoms with Gasteiger partial charge in [-0.05, 0) is 42.2 Å². The fraction of sp³-hybridized carbons (Fsp3) is 0.200. The van der Waals surface area contributed by atoms with Crippen LogP contribution in [-0.2, 0) is 6.42 Å². The van der Waals surface area contributed by atoms with Gasteiger partial charge in [-0.1, -0.05) is 28.1 Å². The first kappa shape index (κ1) is 12.5. The largest absolute Gasteiger partial charge is 0.505 e. The van der Waals surface area contributed by atoms with Crippen LogP contribution in [-0.4, -0.2) is 5.11 Å². The second-order valence-electron chi connectivity index (χ2n) is 4.71. The monoisotopic (exact) mass is 321 g/mol. The van der Waals surface area contributed by atoms with E-state index in [0.29, 0.717) is 5.69 Å². The Labute approximate surface area is 119 Å². The summed E-state index contributed by atoms with van der Waals surface area (Å²) in [4.78, 5) is 0. The van der Waals surface area contributed by atoms with Gasteiger partial charge < -0.3 is 10.4 Å². The Balaban J connectivity index is 1.86. The predicted octanol–water partition coefficient (Wildman–Crippen LogP) is 4.39. The van der Waals surface area contributed by atoms with Crippen molar-refractivity contribution in [1.29, 1.82) is 0 Å². The molecule has 2 aromatic carbocycles. The van der Waals surface area contributed by atoms with Crippen molar-refractivity contribution in [2.24, 2.45) is 0 Å². The quantitative estimate of drug-likeness (QED) is 0.804. The summed E-state index contributed by atoms with van der Waals surface area (Å²) >= 11 is 3.56. The van der Waals surface area contributed by atoms with Gasteiger partial charge in [0.05, 0.1) is 6.04 Å². The fourth-order valence-electron chi connectivity index (χ4n) is 2.56. The van der Waals surface area contributed by atoms with E-state index in [1.54, 1.807) is 6.07 Å². The highest BCUT2D eigenvalue weighted by atomic mass is 79.9. The van der Waals surface area contributed by atoms with Crippen LogP contribution < -0.4 is 5.32 Å². The van der Waals surface area contributed by atoms with Crippen LogP contribution in [0.3, 0.4) is 0 Å². The second-order valence-corrected chi connectivity index (χ2v) is 5.56. The van der Waals surface area contributed by atoms with Crippen molar-refractivity contribution >= 4 is 21.6 Å². The molecule has 0 spiro atoms. The molecule has 1 atom stereocenters. The van der Waals surface area contributed by atoms with Gasteiger partial charge in [0.1, 0.15) is 0 Å². The Hall–Kier alpha value is -1.55. The van der Waals surface area contributed by atoms with E-state index >= 15 is 0 Å². The molecule has 98 valence electrons. The highest BCUT2D eigenvalue weighted by Crippen LogP contribution is 2.37. The lowest BCUT2D eigenvalue weighted by molar-refractivity contribution is 0.432. The second kappa shape index (κ2) is 4.85. The molecule has 1 unspecified atom stereocenters. The first-order valence-corrected chi connectivity index (χ1v) is 6.97. The van der Waals surface area contributed by atoms with E-state index in [4.69, 9.17) is 0 Å². The van der Waals surface area contributed by atoms with Crippen LogP contribution in [0.2, 0.25) is 0 Å². The zero-order valence-corrected chi connectivity index (χ0v) is 11.7. The van der Waals surface area contributed by atoms with Crippen LogP contribution in [0.1, 0.15) is 23.6 Å². The molecule has 19 heavy (non-hydrogen) atoms. The molecule has 2 N–H and O–H groups in total. The third-order valence-corrected chi connectivity index (χ3v) is 4.25. The van der Waals surface area contributed by atoms with E-state index in [1.165, 1.54) is 23.3 Å². The average molecular weight is 322 g/mol. The molecular weight excluding hydrogens is 309 g/mol. The minimum absolute atomic E-state index is 0.191. The van der Waals surface area contributed by atoms with E-state index in [1.807, 2.05) is 12.1 Å². The minimum atomic E-state index is -0.600. The zero-order valence-electron chi connectivity index (χ0n) is 10.2. The molecule has 1 aliphatic rings. The number of anilines is 1. The van der Waals surface area contributed by atoms with Crippen molar-refractivity contribution in [1.82, 2.24) is 0 Å². The molecule has 2 nitrogen and oxygen atoms in total. The summed E-state index contributed by atoms with van der Waals surface area (Å²) < 4.78 is 14.4. The molecule has 1 aliphatic carbocycles. The van der Waals surface area contributed by atoms with Crippen molar-refractivity contribution < 1.29 is 9.50 Å². The number of halogens is 2. The van der Waals surface area contributed by atoms with Gasteiger partial charge in [-0.2, -0.15) is 0 Å². The topological polar surface area (TPSA) is 32.3 Å². The van der Waals surface area contributed by atoms with Crippen molar-refractivity contribution in [3.63, 3.8) is 0 Å².